The first-order chi connectivity index (χ1) is 34.0. The molecule has 3 N–H and O–H groups in total. The van der Waals surface area contributed by atoms with E-state index in [2.05, 4.69) is 55.6 Å². The van der Waals surface area contributed by atoms with E-state index in [0.717, 1.165) is 64.2 Å². The van der Waals surface area contributed by atoms with Crippen LogP contribution in [0.3, 0.4) is 0 Å². The fourth-order valence-corrected chi connectivity index (χ4v) is 9.43. The fraction of sp³-hybridized carbons (Fsp3) is 0.873. The highest BCUT2D eigenvalue weighted by atomic mass is 16.5. The summed E-state index contributed by atoms with van der Waals surface area (Å²) in [6.07, 6.45) is 72.8. The van der Waals surface area contributed by atoms with E-state index in [1.807, 2.05) is 0 Å². The smallest absolute Gasteiger partial charge is 0.305 e. The average molecular weight is 971 g/mol. The van der Waals surface area contributed by atoms with Crippen molar-refractivity contribution in [3.05, 3.63) is 36.5 Å². The van der Waals surface area contributed by atoms with Crippen LogP contribution < -0.4 is 5.32 Å². The Bertz CT molecular complexity index is 1120. The number of aliphatic hydroxyl groups is 2. The summed E-state index contributed by atoms with van der Waals surface area (Å²) in [7, 11) is 0. The summed E-state index contributed by atoms with van der Waals surface area (Å²) in [6, 6.07) is -0.552. The van der Waals surface area contributed by atoms with Gasteiger partial charge in [-0.25, -0.2) is 0 Å². The number of carbonyl (C=O) groups excluding carboxylic acids is 2. The van der Waals surface area contributed by atoms with Gasteiger partial charge in [0.1, 0.15) is 0 Å². The normalized spacial score (nSPS) is 12.8. The molecule has 0 heterocycles. The van der Waals surface area contributed by atoms with E-state index in [-0.39, 0.29) is 18.5 Å². The monoisotopic (exact) mass is 970 g/mol. The van der Waals surface area contributed by atoms with Gasteiger partial charge in [0, 0.05) is 12.8 Å². The van der Waals surface area contributed by atoms with Crippen LogP contribution in [-0.4, -0.2) is 47.4 Å². The molecule has 0 aliphatic rings. The summed E-state index contributed by atoms with van der Waals surface area (Å²) in [5.74, 6) is -0.0546. The molecular formula is C63H119NO5. The van der Waals surface area contributed by atoms with Gasteiger partial charge in [0.25, 0.3) is 0 Å². The minimum atomic E-state index is -0.673. The molecule has 0 aromatic heterocycles. The van der Waals surface area contributed by atoms with Gasteiger partial charge in [-0.2, -0.15) is 0 Å². The molecule has 0 radical (unpaired) electrons. The second-order valence-electron chi connectivity index (χ2n) is 21.0. The van der Waals surface area contributed by atoms with Crippen LogP contribution in [0.2, 0.25) is 0 Å². The van der Waals surface area contributed by atoms with Crippen molar-refractivity contribution in [3.63, 3.8) is 0 Å². The van der Waals surface area contributed by atoms with Gasteiger partial charge < -0.3 is 20.3 Å². The van der Waals surface area contributed by atoms with E-state index in [1.165, 1.54) is 231 Å². The number of allylic oxidation sites excluding steroid dienone is 6. The molecule has 0 saturated carbocycles. The lowest BCUT2D eigenvalue weighted by molar-refractivity contribution is -0.143. The standard InChI is InChI=1S/C63H119NO5/c1-3-5-7-9-11-13-15-17-19-21-24-27-31-35-39-43-47-51-55-61(66)60(59-65)64-62(67)56-52-48-44-40-36-32-28-25-22-26-30-34-38-42-46-50-54-58-69-63(68)57-53-49-45-41-37-33-29-23-20-18-16-14-12-10-8-6-4-2/h12,14,18,20,22,26,60-61,65-66H,3-11,13,15-17,19,21,23-25,27-59H2,1-2H3,(H,64,67)/b14-12-,20-18-,26-22-. The largest absolute Gasteiger partial charge is 0.466 e. The zero-order valence-corrected chi connectivity index (χ0v) is 46.3. The molecule has 2 unspecified atom stereocenters. The van der Waals surface area contributed by atoms with Gasteiger partial charge in [-0.05, 0) is 83.5 Å². The zero-order valence-electron chi connectivity index (χ0n) is 46.3. The zero-order chi connectivity index (χ0) is 50.0. The molecule has 1 amide bonds. The lowest BCUT2D eigenvalue weighted by atomic mass is 10.0. The second kappa shape index (κ2) is 58.6. The summed E-state index contributed by atoms with van der Waals surface area (Å²) >= 11 is 0. The third kappa shape index (κ3) is 55.2. The first-order valence-electron chi connectivity index (χ1n) is 30.7. The number of esters is 1. The van der Waals surface area contributed by atoms with Crippen LogP contribution in [-0.2, 0) is 14.3 Å². The molecule has 0 aromatic carbocycles. The van der Waals surface area contributed by atoms with Gasteiger partial charge in [-0.3, -0.25) is 9.59 Å². The number of unbranched alkanes of at least 4 members (excludes halogenated alkanes) is 40. The predicted octanol–water partition coefficient (Wildman–Crippen LogP) is 19.2. The molecule has 0 fully saturated rings. The minimum absolute atomic E-state index is 0.00927. The van der Waals surface area contributed by atoms with E-state index < -0.39 is 12.1 Å². The topological polar surface area (TPSA) is 95.9 Å². The van der Waals surface area contributed by atoms with E-state index in [4.69, 9.17) is 4.74 Å². The van der Waals surface area contributed by atoms with Crippen molar-refractivity contribution in [3.8, 4) is 0 Å². The minimum Gasteiger partial charge on any atom is -0.466 e. The number of ether oxygens (including phenoxy) is 1. The average Bonchev–Trinajstić information content (AvgIpc) is 3.35. The van der Waals surface area contributed by atoms with Gasteiger partial charge in [-0.1, -0.05) is 269 Å². The predicted molar refractivity (Wildman–Crippen MR) is 301 cm³/mol. The van der Waals surface area contributed by atoms with Crippen LogP contribution in [0.15, 0.2) is 36.5 Å². The fourth-order valence-electron chi connectivity index (χ4n) is 9.43. The molecule has 406 valence electrons. The van der Waals surface area contributed by atoms with Gasteiger partial charge in [-0.15, -0.1) is 0 Å². The van der Waals surface area contributed by atoms with Gasteiger partial charge in [0.15, 0.2) is 0 Å². The number of hydrogen-bond acceptors (Lipinski definition) is 5. The van der Waals surface area contributed by atoms with Crippen LogP contribution in [0.5, 0.6) is 0 Å². The molecule has 0 aromatic rings. The Hall–Kier alpha value is -1.92. The third-order valence-corrected chi connectivity index (χ3v) is 14.2. The summed E-state index contributed by atoms with van der Waals surface area (Å²) < 4.78 is 5.48. The Morgan fingerprint density at radius 2 is 0.725 bits per heavy atom. The Morgan fingerprint density at radius 1 is 0.406 bits per heavy atom. The van der Waals surface area contributed by atoms with Crippen LogP contribution in [0.25, 0.3) is 0 Å². The van der Waals surface area contributed by atoms with Crippen molar-refractivity contribution in [1.29, 1.82) is 0 Å². The summed E-state index contributed by atoms with van der Waals surface area (Å²) in [5, 5.41) is 23.3. The molecule has 0 spiro atoms. The SMILES string of the molecule is CCCCC/C=C\C/C=C\CCCCCCCCCC(=O)OCCCCCCCC/C=C\CCCCCCCCCC(=O)NC(CO)C(O)CCCCCCCCCCCCCCCCCCCC. The number of aliphatic hydroxyl groups excluding tert-OH is 2. The molecule has 0 aliphatic carbocycles. The van der Waals surface area contributed by atoms with Crippen molar-refractivity contribution >= 4 is 11.9 Å². The summed E-state index contributed by atoms with van der Waals surface area (Å²) in [5.41, 5.74) is 0. The Morgan fingerprint density at radius 3 is 1.14 bits per heavy atom. The van der Waals surface area contributed by atoms with Crippen LogP contribution in [0.1, 0.15) is 328 Å². The van der Waals surface area contributed by atoms with E-state index in [9.17, 15) is 19.8 Å². The molecule has 69 heavy (non-hydrogen) atoms. The molecule has 0 rings (SSSR count). The number of hydrogen-bond donors (Lipinski definition) is 3. The van der Waals surface area contributed by atoms with Crippen LogP contribution in [0, 0.1) is 0 Å². The number of nitrogens with one attached hydrogen (secondary N) is 1. The van der Waals surface area contributed by atoms with Crippen molar-refractivity contribution in [2.45, 2.75) is 341 Å². The van der Waals surface area contributed by atoms with E-state index >= 15 is 0 Å². The van der Waals surface area contributed by atoms with Crippen molar-refractivity contribution in [1.82, 2.24) is 5.32 Å². The third-order valence-electron chi connectivity index (χ3n) is 14.2. The van der Waals surface area contributed by atoms with Gasteiger partial charge >= 0.3 is 5.97 Å². The number of rotatable bonds is 57. The molecule has 0 bridgehead atoms. The van der Waals surface area contributed by atoms with Crippen LogP contribution in [0.4, 0.5) is 0 Å². The molecule has 2 atom stereocenters. The summed E-state index contributed by atoms with van der Waals surface area (Å²) in [6.45, 7) is 4.92. The highest BCUT2D eigenvalue weighted by Gasteiger charge is 2.20. The van der Waals surface area contributed by atoms with Crippen molar-refractivity contribution < 1.29 is 24.5 Å². The summed E-state index contributed by atoms with van der Waals surface area (Å²) in [4.78, 5) is 24.6. The van der Waals surface area contributed by atoms with E-state index in [0.29, 0.717) is 25.9 Å². The van der Waals surface area contributed by atoms with Crippen molar-refractivity contribution in [2.75, 3.05) is 13.2 Å². The highest BCUT2D eigenvalue weighted by Crippen LogP contribution is 2.17. The lowest BCUT2D eigenvalue weighted by Crippen LogP contribution is -2.45. The first kappa shape index (κ1) is 67.1. The van der Waals surface area contributed by atoms with Gasteiger partial charge in [0.05, 0.1) is 25.4 Å². The number of amides is 1. The van der Waals surface area contributed by atoms with Crippen molar-refractivity contribution in [2.24, 2.45) is 0 Å². The van der Waals surface area contributed by atoms with E-state index in [1.54, 1.807) is 0 Å². The Labute approximate surface area is 430 Å². The molecular weight excluding hydrogens is 851 g/mol. The maximum Gasteiger partial charge on any atom is 0.305 e. The quantitative estimate of drug-likeness (QED) is 0.0321. The highest BCUT2D eigenvalue weighted by molar-refractivity contribution is 5.76. The Balaban J connectivity index is 3.46. The second-order valence-corrected chi connectivity index (χ2v) is 21.0. The maximum atomic E-state index is 12.5. The number of carbonyl (C=O) groups is 2. The van der Waals surface area contributed by atoms with Gasteiger partial charge in [0.2, 0.25) is 5.91 Å². The lowest BCUT2D eigenvalue weighted by Gasteiger charge is -2.22. The first-order valence-corrected chi connectivity index (χ1v) is 30.7. The molecule has 6 heteroatoms. The molecule has 0 saturated heterocycles. The Kier molecular flexibility index (Phi) is 57.0. The van der Waals surface area contributed by atoms with Crippen LogP contribution >= 0.6 is 0 Å². The molecule has 6 nitrogen and oxygen atoms in total. The maximum absolute atomic E-state index is 12.5. The molecule has 0 aliphatic heterocycles.